The summed E-state index contributed by atoms with van der Waals surface area (Å²) in [6, 6.07) is 60.4. The van der Waals surface area contributed by atoms with E-state index in [1.807, 2.05) is 0 Å². The van der Waals surface area contributed by atoms with Gasteiger partial charge in [0.2, 0.25) is 0 Å². The lowest BCUT2D eigenvalue weighted by Crippen LogP contribution is -2.11. The zero-order valence-corrected chi connectivity index (χ0v) is 34.7. The molecule has 0 N–H and O–H groups in total. The Bertz CT molecular complexity index is 3390. The molecule has 0 saturated heterocycles. The molecule has 0 radical (unpaired) electrons. The highest BCUT2D eigenvalue weighted by atomic mass is 15.0. The number of benzene rings is 7. The van der Waals surface area contributed by atoms with Crippen molar-refractivity contribution < 1.29 is 0 Å². The van der Waals surface area contributed by atoms with Gasteiger partial charge in [-0.3, -0.25) is 0 Å². The summed E-state index contributed by atoms with van der Waals surface area (Å²) in [6.07, 6.45) is 25.8. The topological polar surface area (TPSA) is 9.86 Å². The minimum absolute atomic E-state index is 0.362. The SMILES string of the molecule is C1=CC(C2=CCC(C3=CCCC=C3)C=C2)CC(n2c3ccccc3c3cc(-c4ccc5c(c4)c4ccccc4n5-c4cccc(-c5ccc(-c6ccccc6)cc5)c4)ccc32)=C1. The average molecular weight is 795 g/mol. The lowest BCUT2D eigenvalue weighted by molar-refractivity contribution is 0.718. The second-order valence-electron chi connectivity index (χ2n) is 17.1. The molecular formula is C60H46N2. The molecule has 2 aromatic heterocycles. The number of hydrogen-bond acceptors (Lipinski definition) is 0. The molecule has 0 saturated carbocycles. The van der Waals surface area contributed by atoms with Crippen LogP contribution in [0.25, 0.3) is 88.4 Å². The van der Waals surface area contributed by atoms with Crippen LogP contribution in [0.15, 0.2) is 230 Å². The van der Waals surface area contributed by atoms with Crippen molar-refractivity contribution in [2.45, 2.75) is 25.7 Å². The summed E-state index contributed by atoms with van der Waals surface area (Å²) in [5.41, 5.74) is 17.7. The molecule has 62 heavy (non-hydrogen) atoms. The maximum atomic E-state index is 2.51. The summed E-state index contributed by atoms with van der Waals surface area (Å²) >= 11 is 0. The van der Waals surface area contributed by atoms with Gasteiger partial charge in [-0.05, 0) is 125 Å². The summed E-state index contributed by atoms with van der Waals surface area (Å²) in [5, 5.41) is 5.09. The van der Waals surface area contributed by atoms with Gasteiger partial charge in [-0.2, -0.15) is 0 Å². The molecule has 12 rings (SSSR count). The van der Waals surface area contributed by atoms with Crippen molar-refractivity contribution in [2.24, 2.45) is 11.8 Å². The van der Waals surface area contributed by atoms with E-state index in [1.165, 1.54) is 100 Å². The van der Waals surface area contributed by atoms with Crippen molar-refractivity contribution in [1.29, 1.82) is 0 Å². The van der Waals surface area contributed by atoms with Crippen LogP contribution in [0.1, 0.15) is 25.7 Å². The van der Waals surface area contributed by atoms with Crippen molar-refractivity contribution in [3.63, 3.8) is 0 Å². The van der Waals surface area contributed by atoms with Crippen LogP contribution in [0, 0.1) is 11.8 Å². The van der Waals surface area contributed by atoms with Gasteiger partial charge in [-0.25, -0.2) is 0 Å². The van der Waals surface area contributed by atoms with Gasteiger partial charge >= 0.3 is 0 Å². The van der Waals surface area contributed by atoms with Crippen LogP contribution >= 0.6 is 0 Å². The first-order chi connectivity index (χ1) is 30.7. The number of fused-ring (bicyclic) bond motifs is 6. The number of para-hydroxylation sites is 2. The molecule has 296 valence electrons. The molecule has 0 fully saturated rings. The van der Waals surface area contributed by atoms with Gasteiger partial charge in [0.15, 0.2) is 0 Å². The van der Waals surface area contributed by atoms with Gasteiger partial charge < -0.3 is 9.13 Å². The summed E-state index contributed by atoms with van der Waals surface area (Å²) in [4.78, 5) is 0. The van der Waals surface area contributed by atoms with Crippen molar-refractivity contribution in [3.05, 3.63) is 230 Å². The monoisotopic (exact) mass is 794 g/mol. The maximum absolute atomic E-state index is 2.51. The highest BCUT2D eigenvalue weighted by Gasteiger charge is 2.23. The van der Waals surface area contributed by atoms with Crippen LogP contribution in [0.5, 0.6) is 0 Å². The quantitative estimate of drug-likeness (QED) is 0.152. The molecule has 2 atom stereocenters. The Morgan fingerprint density at radius 2 is 0.984 bits per heavy atom. The molecule has 2 heterocycles. The van der Waals surface area contributed by atoms with E-state index in [9.17, 15) is 0 Å². The van der Waals surface area contributed by atoms with Gasteiger partial charge in [0.25, 0.3) is 0 Å². The van der Waals surface area contributed by atoms with Gasteiger partial charge in [0.1, 0.15) is 0 Å². The predicted octanol–water partition coefficient (Wildman–Crippen LogP) is 16.1. The third-order valence-electron chi connectivity index (χ3n) is 13.5. The Hall–Kier alpha value is -7.42. The fourth-order valence-electron chi connectivity index (χ4n) is 10.3. The fourth-order valence-corrected chi connectivity index (χ4v) is 10.3. The summed E-state index contributed by atoms with van der Waals surface area (Å²) < 4.78 is 4.94. The minimum atomic E-state index is 0.362. The Labute approximate surface area is 363 Å². The zero-order chi connectivity index (χ0) is 41.0. The highest BCUT2D eigenvalue weighted by Crippen LogP contribution is 2.41. The third kappa shape index (κ3) is 6.34. The minimum Gasteiger partial charge on any atom is -0.313 e. The molecule has 0 spiro atoms. The number of rotatable bonds is 7. The van der Waals surface area contributed by atoms with E-state index in [-0.39, 0.29) is 0 Å². The van der Waals surface area contributed by atoms with E-state index >= 15 is 0 Å². The molecule has 2 heteroatoms. The maximum Gasteiger partial charge on any atom is 0.0541 e. The van der Waals surface area contributed by atoms with Crippen LogP contribution in [0.2, 0.25) is 0 Å². The Morgan fingerprint density at radius 1 is 0.403 bits per heavy atom. The zero-order valence-electron chi connectivity index (χ0n) is 34.7. The van der Waals surface area contributed by atoms with E-state index in [2.05, 4.69) is 228 Å². The van der Waals surface area contributed by atoms with Gasteiger partial charge in [-0.1, -0.05) is 164 Å². The molecule has 3 aliphatic carbocycles. The molecule has 9 aromatic rings. The second-order valence-corrected chi connectivity index (χ2v) is 17.1. The van der Waals surface area contributed by atoms with Crippen LogP contribution in [0.4, 0.5) is 0 Å². The molecule has 0 amide bonds. The van der Waals surface area contributed by atoms with E-state index in [0.29, 0.717) is 11.8 Å². The number of hydrogen-bond donors (Lipinski definition) is 0. The van der Waals surface area contributed by atoms with Gasteiger partial charge in [0, 0.05) is 44.8 Å². The van der Waals surface area contributed by atoms with E-state index < -0.39 is 0 Å². The molecule has 0 aliphatic heterocycles. The Kier molecular flexibility index (Phi) is 8.96. The predicted molar refractivity (Wildman–Crippen MR) is 263 cm³/mol. The van der Waals surface area contributed by atoms with E-state index in [1.54, 1.807) is 0 Å². The molecule has 2 unspecified atom stereocenters. The van der Waals surface area contributed by atoms with Crippen LogP contribution in [-0.2, 0) is 0 Å². The summed E-state index contributed by atoms with van der Waals surface area (Å²) in [5.74, 6) is 0.858. The summed E-state index contributed by atoms with van der Waals surface area (Å²) in [6.45, 7) is 0. The lowest BCUT2D eigenvalue weighted by Gasteiger charge is -2.25. The Morgan fingerprint density at radius 3 is 1.68 bits per heavy atom. The standard InChI is InChI=1S/C60H46N2/c1-3-13-41(14-4-1)43-25-29-45(30-26-43)47-17-11-19-51(37-47)61-57-23-9-7-21-53(57)55-39-49(33-35-59(55)61)50-34-36-60-56(40-50)54-22-8-10-24-58(54)62(60)52-20-12-18-48(38-52)46-31-27-44(28-32-46)42-15-5-2-6-16-42/h1,3-5,7-27,29-37,39-40,44,48H,2,6,28,38H2. The average Bonchev–Trinajstić information content (AvgIpc) is 3.87. The normalized spacial score (nSPS) is 17.5. The van der Waals surface area contributed by atoms with Crippen molar-refractivity contribution in [1.82, 2.24) is 9.13 Å². The van der Waals surface area contributed by atoms with Crippen LogP contribution in [-0.4, -0.2) is 9.13 Å². The van der Waals surface area contributed by atoms with Crippen molar-refractivity contribution in [3.8, 4) is 39.1 Å². The number of aromatic nitrogens is 2. The fraction of sp³-hybridized carbons (Fsp3) is 0.100. The third-order valence-corrected chi connectivity index (χ3v) is 13.5. The second kappa shape index (κ2) is 15.2. The lowest BCUT2D eigenvalue weighted by atomic mass is 9.82. The largest absolute Gasteiger partial charge is 0.313 e. The number of allylic oxidation sites excluding steroid dienone is 12. The first-order valence-electron chi connectivity index (χ1n) is 22.2. The molecule has 0 bridgehead atoms. The van der Waals surface area contributed by atoms with E-state index in [4.69, 9.17) is 0 Å². The summed E-state index contributed by atoms with van der Waals surface area (Å²) in [7, 11) is 0. The molecular weight excluding hydrogens is 749 g/mol. The van der Waals surface area contributed by atoms with Crippen molar-refractivity contribution >= 4 is 49.3 Å². The van der Waals surface area contributed by atoms with Gasteiger partial charge in [0.05, 0.1) is 22.1 Å². The van der Waals surface area contributed by atoms with Crippen molar-refractivity contribution in [2.75, 3.05) is 0 Å². The molecule has 2 nitrogen and oxygen atoms in total. The smallest absolute Gasteiger partial charge is 0.0541 e. The molecule has 3 aliphatic rings. The number of nitrogens with zero attached hydrogens (tertiary/aromatic N) is 2. The molecule has 7 aromatic carbocycles. The van der Waals surface area contributed by atoms with E-state index in [0.717, 1.165) is 24.9 Å². The first kappa shape index (κ1) is 36.4. The van der Waals surface area contributed by atoms with Crippen LogP contribution < -0.4 is 0 Å². The highest BCUT2D eigenvalue weighted by molar-refractivity contribution is 6.13. The van der Waals surface area contributed by atoms with Gasteiger partial charge in [-0.15, -0.1) is 0 Å². The van der Waals surface area contributed by atoms with Crippen LogP contribution in [0.3, 0.4) is 0 Å². The Balaban J connectivity index is 0.880. The first-order valence-corrected chi connectivity index (χ1v) is 22.2.